The highest BCUT2D eigenvalue weighted by molar-refractivity contribution is 7.12. The maximum Gasteiger partial charge on any atom is 0.135 e. The van der Waals surface area contributed by atoms with Gasteiger partial charge in [-0.3, -0.25) is 0 Å². The molecule has 0 bridgehead atoms. The monoisotopic (exact) mass is 291 g/mol. The first-order chi connectivity index (χ1) is 9.19. The normalized spacial score (nSPS) is 13.0. The van der Waals surface area contributed by atoms with Crippen molar-refractivity contribution in [3.05, 3.63) is 56.9 Å². The topological polar surface area (TPSA) is 39.2 Å². The fourth-order valence-corrected chi connectivity index (χ4v) is 3.27. The minimum atomic E-state index is -0.228. The number of benzene rings is 1. The van der Waals surface area contributed by atoms with Gasteiger partial charge in [-0.05, 0) is 36.8 Å². The first kappa shape index (κ1) is 12.7. The van der Waals surface area contributed by atoms with E-state index >= 15 is 0 Å². The molecule has 2 N–H and O–H groups in total. The van der Waals surface area contributed by atoms with Crippen LogP contribution < -0.4 is 5.73 Å². The average molecular weight is 292 g/mol. The van der Waals surface area contributed by atoms with E-state index in [9.17, 15) is 0 Å². The predicted octanol–water partition coefficient (Wildman–Crippen LogP) is 4.76. The van der Waals surface area contributed by atoms with Gasteiger partial charge in [0, 0.05) is 15.1 Å². The molecule has 0 saturated carbocycles. The zero-order chi connectivity index (χ0) is 13.4. The number of nitrogens with two attached hydrogens (primary N) is 1. The summed E-state index contributed by atoms with van der Waals surface area (Å²) in [5, 5.41) is 1.61. The molecule has 2 heterocycles. The van der Waals surface area contributed by atoms with Gasteiger partial charge in [0.05, 0.1) is 11.1 Å². The van der Waals surface area contributed by atoms with Crippen LogP contribution in [0.3, 0.4) is 0 Å². The van der Waals surface area contributed by atoms with Crippen molar-refractivity contribution in [2.75, 3.05) is 0 Å². The van der Waals surface area contributed by atoms with Crippen molar-refractivity contribution >= 4 is 33.9 Å². The van der Waals surface area contributed by atoms with Crippen LogP contribution in [0.25, 0.3) is 11.0 Å². The highest BCUT2D eigenvalue weighted by Gasteiger charge is 2.17. The van der Waals surface area contributed by atoms with E-state index in [-0.39, 0.29) is 6.04 Å². The second-order valence-corrected chi connectivity index (χ2v) is 6.04. The summed E-state index contributed by atoms with van der Waals surface area (Å²) < 4.78 is 5.81. The Morgan fingerprint density at radius 3 is 2.84 bits per heavy atom. The molecule has 1 aromatic carbocycles. The molecule has 0 aliphatic rings. The van der Waals surface area contributed by atoms with Crippen LogP contribution >= 0.6 is 22.9 Å². The first-order valence-corrected chi connectivity index (χ1v) is 7.40. The van der Waals surface area contributed by atoms with Crippen LogP contribution in [0, 0.1) is 0 Å². The van der Waals surface area contributed by atoms with E-state index in [4.69, 9.17) is 21.8 Å². The molecule has 98 valence electrons. The van der Waals surface area contributed by atoms with Gasteiger partial charge >= 0.3 is 0 Å². The molecule has 2 nitrogen and oxygen atoms in total. The zero-order valence-electron chi connectivity index (χ0n) is 10.5. The Bertz CT molecular complexity index is 716. The molecule has 4 heteroatoms. The Kier molecular flexibility index (Phi) is 3.35. The van der Waals surface area contributed by atoms with Gasteiger partial charge in [0.25, 0.3) is 0 Å². The summed E-state index contributed by atoms with van der Waals surface area (Å²) in [4.78, 5) is 2.45. The summed E-state index contributed by atoms with van der Waals surface area (Å²) in [6.45, 7) is 2.14. The van der Waals surface area contributed by atoms with Crippen LogP contribution in [0.5, 0.6) is 0 Å². The maximum atomic E-state index is 6.27. The quantitative estimate of drug-likeness (QED) is 0.756. The molecule has 3 aromatic rings. The molecular weight excluding hydrogens is 278 g/mol. The molecule has 0 amide bonds. The summed E-state index contributed by atoms with van der Waals surface area (Å²) in [6.07, 6.45) is 1.03. The number of hydrogen-bond acceptors (Lipinski definition) is 3. The van der Waals surface area contributed by atoms with Crippen LogP contribution in [-0.4, -0.2) is 0 Å². The SMILES string of the molecule is CCc1ccc(C(N)c2cc3c(Cl)cccc3o2)s1. The molecule has 0 radical (unpaired) electrons. The van der Waals surface area contributed by atoms with Crippen molar-refractivity contribution in [3.8, 4) is 0 Å². The largest absolute Gasteiger partial charge is 0.459 e. The van der Waals surface area contributed by atoms with Crippen molar-refractivity contribution < 1.29 is 4.42 Å². The molecule has 1 unspecified atom stereocenters. The molecule has 0 fully saturated rings. The second kappa shape index (κ2) is 5.00. The molecule has 0 spiro atoms. The van der Waals surface area contributed by atoms with Crippen LogP contribution in [0.4, 0.5) is 0 Å². The third kappa shape index (κ3) is 2.29. The van der Waals surface area contributed by atoms with Crippen LogP contribution in [0.2, 0.25) is 5.02 Å². The molecular formula is C15H14ClNOS. The Morgan fingerprint density at radius 2 is 2.16 bits per heavy atom. The summed E-state index contributed by atoms with van der Waals surface area (Å²) in [6, 6.07) is 11.5. The van der Waals surface area contributed by atoms with Crippen molar-refractivity contribution in [1.82, 2.24) is 0 Å². The number of furan rings is 1. The lowest BCUT2D eigenvalue weighted by atomic mass is 10.2. The van der Waals surface area contributed by atoms with Gasteiger partial charge < -0.3 is 10.2 Å². The van der Waals surface area contributed by atoms with Crippen molar-refractivity contribution in [2.24, 2.45) is 5.73 Å². The Hall–Kier alpha value is -1.29. The minimum absolute atomic E-state index is 0.228. The first-order valence-electron chi connectivity index (χ1n) is 6.21. The lowest BCUT2D eigenvalue weighted by molar-refractivity contribution is 0.528. The molecule has 0 saturated heterocycles. The van der Waals surface area contributed by atoms with Crippen LogP contribution in [-0.2, 0) is 6.42 Å². The lowest BCUT2D eigenvalue weighted by Gasteiger charge is -2.04. The van der Waals surface area contributed by atoms with Crippen LogP contribution in [0.1, 0.15) is 28.5 Å². The molecule has 0 aliphatic heterocycles. The van der Waals surface area contributed by atoms with E-state index in [1.54, 1.807) is 11.3 Å². The molecule has 19 heavy (non-hydrogen) atoms. The molecule has 1 atom stereocenters. The number of aryl methyl sites for hydroxylation is 1. The number of halogens is 1. The van der Waals surface area contributed by atoms with Crippen molar-refractivity contribution in [2.45, 2.75) is 19.4 Å². The van der Waals surface area contributed by atoms with E-state index in [2.05, 4.69) is 19.1 Å². The Morgan fingerprint density at radius 1 is 1.32 bits per heavy atom. The van der Waals surface area contributed by atoms with E-state index in [0.717, 1.165) is 28.0 Å². The smallest absolute Gasteiger partial charge is 0.135 e. The maximum absolute atomic E-state index is 6.27. The number of hydrogen-bond donors (Lipinski definition) is 1. The third-order valence-electron chi connectivity index (χ3n) is 3.17. The summed E-state index contributed by atoms with van der Waals surface area (Å²) >= 11 is 7.88. The fourth-order valence-electron chi connectivity index (χ4n) is 2.09. The van der Waals surface area contributed by atoms with Gasteiger partial charge in [-0.2, -0.15) is 0 Å². The zero-order valence-corrected chi connectivity index (χ0v) is 12.1. The van der Waals surface area contributed by atoms with Gasteiger partial charge in [0.1, 0.15) is 11.3 Å². The van der Waals surface area contributed by atoms with E-state index < -0.39 is 0 Å². The Labute approximate surface area is 120 Å². The second-order valence-electron chi connectivity index (χ2n) is 4.44. The number of thiophene rings is 1. The summed E-state index contributed by atoms with van der Waals surface area (Å²) in [7, 11) is 0. The highest BCUT2D eigenvalue weighted by Crippen LogP contribution is 2.33. The summed E-state index contributed by atoms with van der Waals surface area (Å²) in [5.74, 6) is 0.757. The molecule has 0 aliphatic carbocycles. The van der Waals surface area contributed by atoms with E-state index in [0.29, 0.717) is 5.02 Å². The van der Waals surface area contributed by atoms with Crippen LogP contribution in [0.15, 0.2) is 40.8 Å². The molecule has 3 rings (SSSR count). The van der Waals surface area contributed by atoms with E-state index in [1.165, 1.54) is 4.88 Å². The van der Waals surface area contributed by atoms with E-state index in [1.807, 2.05) is 24.3 Å². The van der Waals surface area contributed by atoms with Crippen molar-refractivity contribution in [1.29, 1.82) is 0 Å². The summed E-state index contributed by atoms with van der Waals surface area (Å²) in [5.41, 5.74) is 7.05. The fraction of sp³-hybridized carbons (Fsp3) is 0.200. The third-order valence-corrected chi connectivity index (χ3v) is 4.81. The average Bonchev–Trinajstić information content (AvgIpc) is 3.05. The Balaban J connectivity index is 2.01. The van der Waals surface area contributed by atoms with Crippen molar-refractivity contribution in [3.63, 3.8) is 0 Å². The lowest BCUT2D eigenvalue weighted by Crippen LogP contribution is -2.08. The molecule has 2 aromatic heterocycles. The number of rotatable bonds is 3. The van der Waals surface area contributed by atoms with Gasteiger partial charge in [-0.1, -0.05) is 24.6 Å². The number of fused-ring (bicyclic) bond motifs is 1. The van der Waals surface area contributed by atoms with Gasteiger partial charge in [0.2, 0.25) is 0 Å². The predicted molar refractivity (Wildman–Crippen MR) is 81.0 cm³/mol. The highest BCUT2D eigenvalue weighted by atomic mass is 35.5. The van der Waals surface area contributed by atoms with Gasteiger partial charge in [-0.25, -0.2) is 0 Å². The van der Waals surface area contributed by atoms with Gasteiger partial charge in [-0.15, -0.1) is 11.3 Å². The van der Waals surface area contributed by atoms with Gasteiger partial charge in [0.15, 0.2) is 0 Å². The standard InChI is InChI=1S/C15H14ClNOS/c1-2-9-6-7-14(19-9)15(17)13-8-10-11(16)4-3-5-12(10)18-13/h3-8,15H,2,17H2,1H3. The minimum Gasteiger partial charge on any atom is -0.459 e.